The lowest BCUT2D eigenvalue weighted by molar-refractivity contribution is -0.380. The Labute approximate surface area is 235 Å². The smallest absolute Gasteiger partial charge is 0.328 e. The summed E-state index contributed by atoms with van der Waals surface area (Å²) in [5, 5.41) is 10.6. The van der Waals surface area contributed by atoms with Crippen LogP contribution in [0.15, 0.2) is 60.0 Å². The van der Waals surface area contributed by atoms with Crippen molar-refractivity contribution in [3.05, 3.63) is 81.2 Å². The van der Waals surface area contributed by atoms with Gasteiger partial charge in [0.1, 0.15) is 22.5 Å². The molecule has 1 unspecified atom stereocenters. The second-order valence-corrected chi connectivity index (χ2v) is 12.9. The van der Waals surface area contributed by atoms with Gasteiger partial charge < -0.3 is 13.3 Å². The van der Waals surface area contributed by atoms with E-state index in [-0.39, 0.29) is 22.6 Å². The van der Waals surface area contributed by atoms with Crippen LogP contribution in [0.3, 0.4) is 0 Å². The summed E-state index contributed by atoms with van der Waals surface area (Å²) < 4.78 is 63.1. The van der Waals surface area contributed by atoms with E-state index < -0.39 is 41.2 Å². The number of nitrogens with zero attached hydrogens (tertiary/aromatic N) is 2. The summed E-state index contributed by atoms with van der Waals surface area (Å²) in [5.74, 6) is -0.546. The average Bonchev–Trinajstić information content (AvgIpc) is 3.24. The third-order valence-electron chi connectivity index (χ3n) is 5.28. The van der Waals surface area contributed by atoms with Gasteiger partial charge in [0.05, 0.1) is 10.5 Å². The Morgan fingerprint density at radius 1 is 0.947 bits per heavy atom. The summed E-state index contributed by atoms with van der Waals surface area (Å²) in [6, 6.07) is 13.5. The van der Waals surface area contributed by atoms with Crippen LogP contribution in [-0.4, -0.2) is 52.4 Å². The molecule has 0 bridgehead atoms. The molecule has 15 heteroatoms. The van der Waals surface area contributed by atoms with E-state index in [1.165, 1.54) is 36.6 Å². The molecular formula is C23H24Cl2N2O8S3. The molecule has 0 aliphatic rings. The third-order valence-corrected chi connectivity index (χ3v) is 9.61. The zero-order valence-electron chi connectivity index (χ0n) is 20.0. The molecule has 1 heterocycles. The number of thiophene rings is 1. The number of para-hydroxylation sites is 1. The molecule has 2 aromatic carbocycles. The van der Waals surface area contributed by atoms with E-state index >= 15 is 0 Å². The van der Waals surface area contributed by atoms with E-state index in [4.69, 9.17) is 31.6 Å². The number of hydrogen-bond acceptors (Lipinski definition) is 10. The molecule has 3 aromatic rings. The van der Waals surface area contributed by atoms with Crippen molar-refractivity contribution in [2.75, 3.05) is 35.5 Å². The van der Waals surface area contributed by atoms with Crippen LogP contribution in [0.4, 0.5) is 10.7 Å². The van der Waals surface area contributed by atoms with Crippen molar-refractivity contribution in [1.29, 1.82) is 0 Å². The minimum Gasteiger partial charge on any atom is -0.382 e. The summed E-state index contributed by atoms with van der Waals surface area (Å²) in [4.78, 5) is 12.8. The average molecular weight is 624 g/mol. The molecular weight excluding hydrogens is 599 g/mol. The Bertz CT molecular complexity index is 1440. The fourth-order valence-corrected chi connectivity index (χ4v) is 8.28. The van der Waals surface area contributed by atoms with Gasteiger partial charge in [-0.2, -0.15) is 16.8 Å². The first-order valence-corrected chi connectivity index (χ1v) is 16.1. The lowest BCUT2D eigenvalue weighted by Gasteiger charge is -2.23. The van der Waals surface area contributed by atoms with Crippen molar-refractivity contribution in [3.63, 3.8) is 0 Å². The van der Waals surface area contributed by atoms with Crippen LogP contribution in [0, 0.1) is 17.0 Å². The molecule has 10 nitrogen and oxygen atoms in total. The number of rotatable bonds is 14. The number of aryl methyl sites for hydroxylation is 1. The predicted octanol–water partition coefficient (Wildman–Crippen LogP) is 5.11. The Morgan fingerprint density at radius 3 is 2.08 bits per heavy atom. The van der Waals surface area contributed by atoms with Gasteiger partial charge in [-0.25, -0.2) is 0 Å². The molecule has 0 fully saturated rings. The predicted molar refractivity (Wildman–Crippen MR) is 149 cm³/mol. The van der Waals surface area contributed by atoms with Crippen molar-refractivity contribution in [2.24, 2.45) is 0 Å². The highest BCUT2D eigenvalue weighted by Gasteiger charge is 2.41. The van der Waals surface area contributed by atoms with Crippen molar-refractivity contribution in [3.8, 4) is 11.5 Å². The molecule has 0 saturated heterocycles. The van der Waals surface area contributed by atoms with E-state index in [2.05, 4.69) is 0 Å². The van der Waals surface area contributed by atoms with Crippen molar-refractivity contribution in [2.45, 2.75) is 12.2 Å². The molecule has 3 rings (SSSR count). The van der Waals surface area contributed by atoms with Gasteiger partial charge in [0.15, 0.2) is 0 Å². The third kappa shape index (κ3) is 7.73. The standard InChI is InChI=1S/C23H24Cl2N2O8S3/c1-17-15-36-23(27(28)29)22(17)21(16-37(30,31)34-19-5-3-2-4-6-19)38(32,33)35-20-9-7-18(8-10-20)26(13-11-24)14-12-25/h2-10,15,21H,11-14,16H2,1H3. The van der Waals surface area contributed by atoms with Gasteiger partial charge >= 0.3 is 25.2 Å². The number of alkyl halides is 2. The van der Waals surface area contributed by atoms with Crippen LogP contribution < -0.4 is 13.3 Å². The van der Waals surface area contributed by atoms with E-state index in [0.29, 0.717) is 36.2 Å². The van der Waals surface area contributed by atoms with E-state index in [1.54, 1.807) is 30.3 Å². The molecule has 0 aliphatic heterocycles. The second kappa shape index (κ2) is 13.0. The minimum absolute atomic E-state index is 0.0323. The molecule has 0 amide bonds. The van der Waals surface area contributed by atoms with E-state index in [0.717, 1.165) is 5.69 Å². The van der Waals surface area contributed by atoms with Gasteiger partial charge in [-0.05, 0) is 48.9 Å². The topological polar surface area (TPSA) is 133 Å². The van der Waals surface area contributed by atoms with Crippen molar-refractivity contribution < 1.29 is 30.1 Å². The first-order valence-electron chi connectivity index (χ1n) is 11.1. The van der Waals surface area contributed by atoms with Crippen LogP contribution in [0.25, 0.3) is 0 Å². The monoisotopic (exact) mass is 622 g/mol. The van der Waals surface area contributed by atoms with E-state index in [1.807, 2.05) is 4.90 Å². The molecule has 1 aromatic heterocycles. The van der Waals surface area contributed by atoms with Gasteiger partial charge in [-0.3, -0.25) is 10.1 Å². The highest BCUT2D eigenvalue weighted by atomic mass is 35.5. The normalized spacial score (nSPS) is 12.6. The highest BCUT2D eigenvalue weighted by molar-refractivity contribution is 7.91. The number of nitro groups is 1. The number of hydrogen-bond donors (Lipinski definition) is 0. The van der Waals surface area contributed by atoms with Gasteiger partial charge in [0, 0.05) is 35.9 Å². The SMILES string of the molecule is Cc1csc([N+](=O)[O-])c1C(CS(=O)(=O)Oc1ccccc1)S(=O)(=O)Oc1ccc(N(CCCl)CCCl)cc1. The van der Waals surface area contributed by atoms with Crippen LogP contribution in [-0.2, 0) is 20.2 Å². The second-order valence-electron chi connectivity index (χ2n) is 7.94. The maximum atomic E-state index is 13.5. The first-order chi connectivity index (χ1) is 18.0. The molecule has 1 atom stereocenters. The lowest BCUT2D eigenvalue weighted by atomic mass is 10.1. The summed E-state index contributed by atoms with van der Waals surface area (Å²) in [6.07, 6.45) is 0. The zero-order chi connectivity index (χ0) is 27.9. The molecule has 0 saturated carbocycles. The van der Waals surface area contributed by atoms with Crippen molar-refractivity contribution >= 4 is 65.5 Å². The van der Waals surface area contributed by atoms with Crippen LogP contribution in [0.1, 0.15) is 16.4 Å². The highest BCUT2D eigenvalue weighted by Crippen LogP contribution is 2.40. The van der Waals surface area contributed by atoms with Gasteiger partial charge in [0.25, 0.3) is 0 Å². The Hall–Kier alpha value is -2.58. The van der Waals surface area contributed by atoms with Crippen LogP contribution in [0.2, 0.25) is 0 Å². The minimum atomic E-state index is -4.77. The largest absolute Gasteiger partial charge is 0.382 e. The fraction of sp³-hybridized carbons (Fsp3) is 0.304. The molecule has 0 aliphatic carbocycles. The quantitative estimate of drug-likeness (QED) is 0.104. The number of anilines is 1. The van der Waals surface area contributed by atoms with Crippen LogP contribution >= 0.6 is 34.5 Å². The van der Waals surface area contributed by atoms with Gasteiger partial charge in [-0.1, -0.05) is 29.5 Å². The lowest BCUT2D eigenvalue weighted by Crippen LogP contribution is -2.29. The zero-order valence-corrected chi connectivity index (χ0v) is 24.0. The molecule has 38 heavy (non-hydrogen) atoms. The Balaban J connectivity index is 1.97. The summed E-state index contributed by atoms with van der Waals surface area (Å²) in [5.41, 5.74) is 0.685. The Morgan fingerprint density at radius 2 is 1.53 bits per heavy atom. The fourth-order valence-electron chi connectivity index (χ4n) is 3.60. The van der Waals surface area contributed by atoms with Gasteiger partial charge in [-0.15, -0.1) is 23.2 Å². The molecule has 0 spiro atoms. The first kappa shape index (κ1) is 30.0. The van der Waals surface area contributed by atoms with E-state index in [9.17, 15) is 26.9 Å². The van der Waals surface area contributed by atoms with Gasteiger partial charge in [0.2, 0.25) is 0 Å². The molecule has 206 valence electrons. The summed E-state index contributed by atoms with van der Waals surface area (Å²) >= 11 is 12.4. The summed E-state index contributed by atoms with van der Waals surface area (Å²) in [6.45, 7) is 2.48. The van der Waals surface area contributed by atoms with Crippen LogP contribution in [0.5, 0.6) is 11.5 Å². The maximum Gasteiger partial charge on any atom is 0.328 e. The summed E-state index contributed by atoms with van der Waals surface area (Å²) in [7, 11) is -9.30. The maximum absolute atomic E-state index is 13.5. The molecule has 0 N–H and O–H groups in total. The number of benzene rings is 2. The molecule has 0 radical (unpaired) electrons. The van der Waals surface area contributed by atoms with Crippen molar-refractivity contribution in [1.82, 2.24) is 0 Å². The number of halogens is 2. The Kier molecular flexibility index (Phi) is 10.2.